The third-order valence-corrected chi connectivity index (χ3v) is 3.13. The highest BCUT2D eigenvalue weighted by Crippen LogP contribution is 2.16. The van der Waals surface area contributed by atoms with Gasteiger partial charge in [0.1, 0.15) is 5.60 Å². The number of benzene rings is 1. The number of hydrogen-bond acceptors (Lipinski definition) is 3. The minimum Gasteiger partial charge on any atom is -0.444 e. The van der Waals surface area contributed by atoms with Crippen LogP contribution in [0, 0.1) is 12.8 Å². The Balaban J connectivity index is 2.91. The number of ether oxygens (including phenoxy) is 1. The zero-order chi connectivity index (χ0) is 16.9. The van der Waals surface area contributed by atoms with Gasteiger partial charge in [-0.05, 0) is 45.6 Å². The minimum atomic E-state index is -0.585. The molecule has 0 radical (unpaired) electrons. The Kier molecular flexibility index (Phi) is 6.15. The lowest BCUT2D eigenvalue weighted by molar-refractivity contribution is 0.0485. The van der Waals surface area contributed by atoms with Crippen LogP contribution in [-0.2, 0) is 4.74 Å². The van der Waals surface area contributed by atoms with Crippen LogP contribution >= 0.6 is 0 Å². The molecule has 0 aliphatic carbocycles. The number of amides is 1. The van der Waals surface area contributed by atoms with Crippen molar-refractivity contribution in [2.75, 3.05) is 0 Å². The number of rotatable bonds is 5. The topological polar surface area (TPSA) is 55.4 Å². The Bertz CT molecular complexity index is 529. The van der Waals surface area contributed by atoms with E-state index in [0.29, 0.717) is 12.0 Å². The first-order valence-electron chi connectivity index (χ1n) is 7.69. The molecular formula is C18H27NO3. The van der Waals surface area contributed by atoms with E-state index in [9.17, 15) is 9.59 Å². The summed E-state index contributed by atoms with van der Waals surface area (Å²) >= 11 is 0. The van der Waals surface area contributed by atoms with E-state index in [-0.39, 0.29) is 11.7 Å². The van der Waals surface area contributed by atoms with Gasteiger partial charge in [0.2, 0.25) is 0 Å². The molecule has 4 heteroatoms. The summed E-state index contributed by atoms with van der Waals surface area (Å²) in [6.45, 7) is 11.3. The second kappa shape index (κ2) is 7.43. The van der Waals surface area contributed by atoms with E-state index in [2.05, 4.69) is 5.32 Å². The molecule has 1 amide bonds. The summed E-state index contributed by atoms with van der Waals surface area (Å²) < 4.78 is 5.26. The van der Waals surface area contributed by atoms with Crippen molar-refractivity contribution < 1.29 is 14.3 Å². The quantitative estimate of drug-likeness (QED) is 0.833. The molecule has 1 aromatic carbocycles. The highest BCUT2D eigenvalue weighted by molar-refractivity contribution is 6.02. The number of hydrogen-bond donors (Lipinski definition) is 1. The molecule has 122 valence electrons. The molecule has 0 saturated heterocycles. The van der Waals surface area contributed by atoms with Crippen molar-refractivity contribution in [1.29, 1.82) is 0 Å². The van der Waals surface area contributed by atoms with Gasteiger partial charge in [0, 0.05) is 5.56 Å². The largest absolute Gasteiger partial charge is 0.444 e. The molecule has 22 heavy (non-hydrogen) atoms. The van der Waals surface area contributed by atoms with E-state index in [4.69, 9.17) is 4.74 Å². The maximum atomic E-state index is 12.7. The van der Waals surface area contributed by atoms with Gasteiger partial charge in [0.15, 0.2) is 5.78 Å². The van der Waals surface area contributed by atoms with Crippen LogP contribution in [0.2, 0.25) is 0 Å². The number of carbonyl (C=O) groups is 2. The van der Waals surface area contributed by atoms with Crippen LogP contribution in [0.25, 0.3) is 0 Å². The van der Waals surface area contributed by atoms with E-state index in [0.717, 1.165) is 5.56 Å². The Labute approximate surface area is 133 Å². The summed E-state index contributed by atoms with van der Waals surface area (Å²) in [7, 11) is 0. The Morgan fingerprint density at radius 1 is 1.18 bits per heavy atom. The summed E-state index contributed by atoms with van der Waals surface area (Å²) in [6.07, 6.45) is 0.0203. The second-order valence-corrected chi connectivity index (χ2v) is 7.01. The number of carbonyl (C=O) groups excluding carboxylic acids is 2. The Morgan fingerprint density at radius 2 is 1.77 bits per heavy atom. The number of Topliss-reactive ketones (excluding diaryl/α,β-unsaturated/α-hetero) is 1. The zero-order valence-electron chi connectivity index (χ0n) is 14.4. The monoisotopic (exact) mass is 305 g/mol. The van der Waals surface area contributed by atoms with Crippen molar-refractivity contribution in [2.24, 2.45) is 5.92 Å². The maximum absolute atomic E-state index is 12.7. The van der Waals surface area contributed by atoms with Crippen molar-refractivity contribution >= 4 is 11.9 Å². The number of alkyl carbamates (subject to hydrolysis) is 1. The highest BCUT2D eigenvalue weighted by atomic mass is 16.6. The molecule has 4 nitrogen and oxygen atoms in total. The average Bonchev–Trinajstić information content (AvgIpc) is 2.35. The highest BCUT2D eigenvalue weighted by Gasteiger charge is 2.26. The molecule has 0 aromatic heterocycles. The van der Waals surface area contributed by atoms with Gasteiger partial charge < -0.3 is 10.1 Å². The average molecular weight is 305 g/mol. The molecule has 1 rings (SSSR count). The molecular weight excluding hydrogens is 278 g/mol. The molecule has 0 spiro atoms. The lowest BCUT2D eigenvalue weighted by Crippen LogP contribution is -2.44. The van der Waals surface area contributed by atoms with Crippen molar-refractivity contribution in [3.63, 3.8) is 0 Å². The van der Waals surface area contributed by atoms with Gasteiger partial charge in [-0.25, -0.2) is 4.79 Å². The first-order chi connectivity index (χ1) is 10.1. The van der Waals surface area contributed by atoms with Gasteiger partial charge in [0.25, 0.3) is 0 Å². The molecule has 0 bridgehead atoms. The number of nitrogens with one attached hydrogen (secondary N) is 1. The SMILES string of the molecule is Cc1ccccc1C(=O)[C@H](CC(C)C)NC(=O)OC(C)(C)C. The minimum absolute atomic E-state index is 0.0716. The lowest BCUT2D eigenvalue weighted by Gasteiger charge is -2.24. The Hall–Kier alpha value is -1.84. The van der Waals surface area contributed by atoms with Gasteiger partial charge in [0.05, 0.1) is 6.04 Å². The van der Waals surface area contributed by atoms with Crippen molar-refractivity contribution in [3.8, 4) is 0 Å². The van der Waals surface area contributed by atoms with Crippen LogP contribution in [-0.4, -0.2) is 23.5 Å². The van der Waals surface area contributed by atoms with Crippen LogP contribution in [0.15, 0.2) is 24.3 Å². The standard InChI is InChI=1S/C18H27NO3/c1-12(2)11-15(19-17(21)22-18(4,5)6)16(20)14-10-8-7-9-13(14)3/h7-10,12,15H,11H2,1-6H3,(H,19,21)/t15-/m0/s1. The fourth-order valence-electron chi connectivity index (χ4n) is 2.19. The van der Waals surface area contributed by atoms with E-state index >= 15 is 0 Å². The van der Waals surface area contributed by atoms with Crippen LogP contribution in [0.3, 0.4) is 0 Å². The van der Waals surface area contributed by atoms with Crippen LogP contribution < -0.4 is 5.32 Å². The summed E-state index contributed by atoms with van der Waals surface area (Å²) in [4.78, 5) is 24.7. The molecule has 0 aliphatic heterocycles. The summed E-state index contributed by atoms with van der Waals surface area (Å²) in [5, 5.41) is 2.72. The zero-order valence-corrected chi connectivity index (χ0v) is 14.4. The lowest BCUT2D eigenvalue weighted by atomic mass is 9.94. The van der Waals surface area contributed by atoms with Gasteiger partial charge in [-0.15, -0.1) is 0 Å². The van der Waals surface area contributed by atoms with Gasteiger partial charge in [-0.2, -0.15) is 0 Å². The molecule has 1 N–H and O–H groups in total. The molecule has 0 unspecified atom stereocenters. The van der Waals surface area contributed by atoms with Crippen molar-refractivity contribution in [2.45, 2.75) is 59.6 Å². The molecule has 0 saturated carbocycles. The maximum Gasteiger partial charge on any atom is 0.408 e. The first kappa shape index (κ1) is 18.2. The normalized spacial score (nSPS) is 12.9. The third kappa shape index (κ3) is 5.88. The summed E-state index contributed by atoms with van der Waals surface area (Å²) in [5.74, 6) is 0.213. The summed E-state index contributed by atoms with van der Waals surface area (Å²) in [6, 6.07) is 6.84. The van der Waals surface area contributed by atoms with Gasteiger partial charge in [-0.1, -0.05) is 38.1 Å². The van der Waals surface area contributed by atoms with Crippen molar-refractivity contribution in [1.82, 2.24) is 5.32 Å². The van der Waals surface area contributed by atoms with Gasteiger partial charge in [-0.3, -0.25) is 4.79 Å². The molecule has 0 heterocycles. The van der Waals surface area contributed by atoms with E-state index in [1.807, 2.05) is 39.0 Å². The molecule has 0 fully saturated rings. The molecule has 1 aromatic rings. The number of ketones is 1. The van der Waals surface area contributed by atoms with Crippen LogP contribution in [0.1, 0.15) is 57.0 Å². The van der Waals surface area contributed by atoms with Crippen LogP contribution in [0.5, 0.6) is 0 Å². The van der Waals surface area contributed by atoms with E-state index in [1.54, 1.807) is 26.8 Å². The van der Waals surface area contributed by atoms with E-state index in [1.165, 1.54) is 0 Å². The Morgan fingerprint density at radius 3 is 2.27 bits per heavy atom. The predicted octanol–water partition coefficient (Wildman–Crippen LogP) is 4.12. The second-order valence-electron chi connectivity index (χ2n) is 7.01. The van der Waals surface area contributed by atoms with Crippen LogP contribution in [0.4, 0.5) is 4.79 Å². The summed E-state index contributed by atoms with van der Waals surface area (Å²) in [5.41, 5.74) is 0.967. The fourth-order valence-corrected chi connectivity index (χ4v) is 2.19. The molecule has 1 atom stereocenters. The first-order valence-corrected chi connectivity index (χ1v) is 7.69. The predicted molar refractivity (Wildman–Crippen MR) is 88.1 cm³/mol. The molecule has 0 aliphatic rings. The smallest absolute Gasteiger partial charge is 0.408 e. The van der Waals surface area contributed by atoms with Crippen molar-refractivity contribution in [3.05, 3.63) is 35.4 Å². The third-order valence-electron chi connectivity index (χ3n) is 3.13. The fraction of sp³-hybridized carbons (Fsp3) is 0.556. The van der Waals surface area contributed by atoms with E-state index < -0.39 is 17.7 Å². The number of aryl methyl sites for hydroxylation is 1. The van der Waals surface area contributed by atoms with Gasteiger partial charge >= 0.3 is 6.09 Å².